The number of nitrogens with one attached hydrogen (secondary N) is 1. The second kappa shape index (κ2) is 8.29. The number of esters is 1. The Morgan fingerprint density at radius 2 is 1.77 bits per heavy atom. The highest BCUT2D eigenvalue weighted by Gasteiger charge is 2.22. The third-order valence-corrected chi connectivity index (χ3v) is 3.94. The summed E-state index contributed by atoms with van der Waals surface area (Å²) in [7, 11) is 1.27. The molecule has 1 N–H and O–H groups in total. The number of amides is 2. The Morgan fingerprint density at radius 1 is 1.08 bits per heavy atom. The molecule has 0 saturated heterocycles. The number of aryl methyl sites for hydroxylation is 2. The first-order valence-electron chi connectivity index (χ1n) is 8.16. The van der Waals surface area contributed by atoms with Gasteiger partial charge in [-0.05, 0) is 37.6 Å². The van der Waals surface area contributed by atoms with Crippen LogP contribution in [0.3, 0.4) is 0 Å². The molecular weight excluding hydrogens is 332 g/mol. The van der Waals surface area contributed by atoms with Crippen LogP contribution in [0, 0.1) is 13.8 Å². The molecule has 6 heteroatoms. The Bertz CT molecular complexity index is 845. The van der Waals surface area contributed by atoms with E-state index in [1.54, 1.807) is 24.3 Å². The number of rotatable bonds is 5. The van der Waals surface area contributed by atoms with Crippen LogP contribution in [0.5, 0.6) is 0 Å². The second-order valence-corrected chi connectivity index (χ2v) is 5.98. The lowest BCUT2D eigenvalue weighted by Gasteiger charge is -2.23. The van der Waals surface area contributed by atoms with Gasteiger partial charge in [0.1, 0.15) is 6.54 Å². The van der Waals surface area contributed by atoms with Gasteiger partial charge >= 0.3 is 5.97 Å². The monoisotopic (exact) mass is 354 g/mol. The van der Waals surface area contributed by atoms with E-state index in [0.29, 0.717) is 11.4 Å². The number of carbonyl (C=O) groups excluding carboxylic acids is 3. The van der Waals surface area contributed by atoms with Crippen molar-refractivity contribution in [2.75, 3.05) is 23.9 Å². The Kier molecular flexibility index (Phi) is 6.11. The summed E-state index contributed by atoms with van der Waals surface area (Å²) >= 11 is 0. The number of methoxy groups -OCH3 is 1. The van der Waals surface area contributed by atoms with Gasteiger partial charge in [-0.2, -0.15) is 0 Å². The van der Waals surface area contributed by atoms with Crippen LogP contribution in [0.1, 0.15) is 28.4 Å². The van der Waals surface area contributed by atoms with Crippen molar-refractivity contribution in [3.8, 4) is 0 Å². The topological polar surface area (TPSA) is 75.7 Å². The number of para-hydroxylation sites is 1. The average molecular weight is 354 g/mol. The van der Waals surface area contributed by atoms with Gasteiger partial charge in [0.15, 0.2) is 0 Å². The number of ether oxygens (including phenoxy) is 1. The fourth-order valence-electron chi connectivity index (χ4n) is 2.64. The Labute approximate surface area is 152 Å². The van der Waals surface area contributed by atoms with E-state index in [0.717, 1.165) is 11.1 Å². The summed E-state index contributed by atoms with van der Waals surface area (Å²) in [6.07, 6.45) is 0. The number of nitrogens with zero attached hydrogens (tertiary/aromatic N) is 1. The molecule has 0 aliphatic heterocycles. The normalized spacial score (nSPS) is 10.2. The lowest BCUT2D eigenvalue weighted by Crippen LogP contribution is -2.37. The standard InChI is InChI=1S/C20H22N2O4/c1-13-9-10-17(14(2)11-13)21-19(24)12-22(15(3)23)18-8-6-5-7-16(18)20(25)26-4/h5-11H,12H2,1-4H3,(H,21,24). The van der Waals surface area contributed by atoms with E-state index in [-0.39, 0.29) is 23.9 Å². The van der Waals surface area contributed by atoms with Crippen LogP contribution >= 0.6 is 0 Å². The molecule has 0 saturated carbocycles. The van der Waals surface area contributed by atoms with Crippen LogP contribution in [-0.4, -0.2) is 31.4 Å². The van der Waals surface area contributed by atoms with E-state index in [1.807, 2.05) is 32.0 Å². The number of carbonyl (C=O) groups is 3. The number of hydrogen-bond donors (Lipinski definition) is 1. The predicted molar refractivity (Wildman–Crippen MR) is 100 cm³/mol. The van der Waals surface area contributed by atoms with Crippen molar-refractivity contribution in [3.63, 3.8) is 0 Å². The fraction of sp³-hybridized carbons (Fsp3) is 0.250. The molecule has 0 bridgehead atoms. The maximum Gasteiger partial charge on any atom is 0.339 e. The molecule has 0 aliphatic carbocycles. The van der Waals surface area contributed by atoms with E-state index in [1.165, 1.54) is 18.9 Å². The summed E-state index contributed by atoms with van der Waals surface area (Å²) in [5, 5.41) is 2.81. The summed E-state index contributed by atoms with van der Waals surface area (Å²) in [6.45, 7) is 5.01. The second-order valence-electron chi connectivity index (χ2n) is 5.98. The van der Waals surface area contributed by atoms with E-state index in [4.69, 9.17) is 4.74 Å². The molecule has 2 amide bonds. The number of hydrogen-bond acceptors (Lipinski definition) is 4. The highest BCUT2D eigenvalue weighted by Crippen LogP contribution is 2.22. The quantitative estimate of drug-likeness (QED) is 0.837. The minimum atomic E-state index is -0.568. The van der Waals surface area contributed by atoms with E-state index >= 15 is 0 Å². The highest BCUT2D eigenvalue weighted by molar-refractivity contribution is 6.06. The lowest BCUT2D eigenvalue weighted by atomic mass is 10.1. The molecule has 0 aliphatic rings. The molecule has 6 nitrogen and oxygen atoms in total. The molecule has 0 atom stereocenters. The van der Waals surface area contributed by atoms with Crippen molar-refractivity contribution in [3.05, 3.63) is 59.2 Å². The smallest absolute Gasteiger partial charge is 0.339 e. The third kappa shape index (κ3) is 4.47. The molecule has 136 valence electrons. The zero-order chi connectivity index (χ0) is 19.3. The van der Waals surface area contributed by atoms with Gasteiger partial charge in [0.2, 0.25) is 11.8 Å². The van der Waals surface area contributed by atoms with Gasteiger partial charge in [0, 0.05) is 12.6 Å². The minimum Gasteiger partial charge on any atom is -0.465 e. The highest BCUT2D eigenvalue weighted by atomic mass is 16.5. The van der Waals surface area contributed by atoms with Crippen molar-refractivity contribution in [1.82, 2.24) is 0 Å². The number of anilines is 2. The van der Waals surface area contributed by atoms with E-state index < -0.39 is 5.97 Å². The van der Waals surface area contributed by atoms with E-state index in [2.05, 4.69) is 5.32 Å². The summed E-state index contributed by atoms with van der Waals surface area (Å²) in [5.74, 6) is -1.27. The summed E-state index contributed by atoms with van der Waals surface area (Å²) in [5.41, 5.74) is 3.28. The average Bonchev–Trinajstić information content (AvgIpc) is 2.61. The van der Waals surface area contributed by atoms with Crippen molar-refractivity contribution in [2.24, 2.45) is 0 Å². The van der Waals surface area contributed by atoms with Crippen LogP contribution in [0.2, 0.25) is 0 Å². The molecule has 0 unspecified atom stereocenters. The Morgan fingerprint density at radius 3 is 2.38 bits per heavy atom. The predicted octanol–water partition coefficient (Wildman–Crippen LogP) is 3.08. The van der Waals surface area contributed by atoms with Crippen LogP contribution in [0.4, 0.5) is 11.4 Å². The van der Waals surface area contributed by atoms with E-state index in [9.17, 15) is 14.4 Å². The van der Waals surface area contributed by atoms with Crippen molar-refractivity contribution >= 4 is 29.2 Å². The molecule has 2 rings (SSSR count). The Hall–Kier alpha value is -3.15. The molecule has 0 fully saturated rings. The maximum atomic E-state index is 12.5. The van der Waals surface area contributed by atoms with Crippen LogP contribution in [-0.2, 0) is 14.3 Å². The first kappa shape index (κ1) is 19.2. The zero-order valence-corrected chi connectivity index (χ0v) is 15.3. The van der Waals surface area contributed by atoms with Gasteiger partial charge in [0.05, 0.1) is 18.4 Å². The summed E-state index contributed by atoms with van der Waals surface area (Å²) in [4.78, 5) is 37.8. The lowest BCUT2D eigenvalue weighted by molar-refractivity contribution is -0.120. The minimum absolute atomic E-state index is 0.212. The molecule has 26 heavy (non-hydrogen) atoms. The van der Waals surface area contributed by atoms with Crippen molar-refractivity contribution in [2.45, 2.75) is 20.8 Å². The zero-order valence-electron chi connectivity index (χ0n) is 15.3. The third-order valence-electron chi connectivity index (χ3n) is 3.94. The summed E-state index contributed by atoms with van der Waals surface area (Å²) in [6, 6.07) is 12.2. The molecule has 2 aromatic carbocycles. The van der Waals surface area contributed by atoms with Crippen LogP contribution < -0.4 is 10.2 Å². The molecule has 0 heterocycles. The van der Waals surface area contributed by atoms with Gasteiger partial charge in [-0.3, -0.25) is 9.59 Å². The van der Waals surface area contributed by atoms with Gasteiger partial charge in [-0.1, -0.05) is 29.8 Å². The fourth-order valence-corrected chi connectivity index (χ4v) is 2.64. The van der Waals surface area contributed by atoms with Gasteiger partial charge in [0.25, 0.3) is 0 Å². The van der Waals surface area contributed by atoms with Gasteiger partial charge in [-0.25, -0.2) is 4.79 Å². The molecular formula is C20H22N2O4. The SMILES string of the molecule is COC(=O)c1ccccc1N(CC(=O)Nc1ccc(C)cc1C)C(C)=O. The summed E-state index contributed by atoms with van der Waals surface area (Å²) < 4.78 is 4.76. The number of benzene rings is 2. The van der Waals surface area contributed by atoms with Crippen molar-refractivity contribution in [1.29, 1.82) is 0 Å². The molecule has 0 spiro atoms. The van der Waals surface area contributed by atoms with Crippen molar-refractivity contribution < 1.29 is 19.1 Å². The van der Waals surface area contributed by atoms with Gasteiger partial charge in [-0.15, -0.1) is 0 Å². The first-order chi connectivity index (χ1) is 12.3. The van der Waals surface area contributed by atoms with Gasteiger partial charge < -0.3 is 15.0 Å². The maximum absolute atomic E-state index is 12.5. The first-order valence-corrected chi connectivity index (χ1v) is 8.16. The molecule has 0 aromatic heterocycles. The molecule has 2 aromatic rings. The van der Waals surface area contributed by atoms with Crippen LogP contribution in [0.25, 0.3) is 0 Å². The largest absolute Gasteiger partial charge is 0.465 e. The Balaban J connectivity index is 2.25. The molecule has 0 radical (unpaired) electrons. The van der Waals surface area contributed by atoms with Crippen LogP contribution in [0.15, 0.2) is 42.5 Å².